The van der Waals surface area contributed by atoms with Gasteiger partial charge in [0.1, 0.15) is 24.2 Å². The van der Waals surface area contributed by atoms with Crippen molar-refractivity contribution in [2.45, 2.75) is 32.8 Å². The number of para-hydroxylation sites is 1. The maximum Gasteiger partial charge on any atom is 0.340 e. The Labute approximate surface area is 243 Å². The number of nitrogens with one attached hydrogen (secondary N) is 1. The maximum absolute atomic E-state index is 12.8. The molecule has 0 saturated heterocycles. The summed E-state index contributed by atoms with van der Waals surface area (Å²) in [6.07, 6.45) is 0.648. The van der Waals surface area contributed by atoms with E-state index in [-0.39, 0.29) is 58.3 Å². The fourth-order valence-electron chi connectivity index (χ4n) is 4.35. The lowest BCUT2D eigenvalue weighted by Gasteiger charge is -2.19. The molecule has 0 spiro atoms. The van der Waals surface area contributed by atoms with Crippen molar-refractivity contribution in [2.75, 3.05) is 40.5 Å². The number of nitro benzene ring substituents is 1. The van der Waals surface area contributed by atoms with Gasteiger partial charge in [-0.2, -0.15) is 0 Å². The maximum atomic E-state index is 12.8. The number of carbonyl (C=O) groups is 2. The minimum atomic E-state index is -0.764. The fraction of sp³-hybridized carbons (Fsp3) is 0.367. The number of esters is 2. The van der Waals surface area contributed by atoms with E-state index in [0.29, 0.717) is 31.7 Å². The molecule has 0 amide bonds. The largest absolute Gasteiger partial charge is 0.493 e. The average Bonchev–Trinajstić information content (AvgIpc) is 2.99. The number of nitro groups is 1. The van der Waals surface area contributed by atoms with Crippen molar-refractivity contribution in [3.05, 3.63) is 81.2 Å². The first-order valence-electron chi connectivity index (χ1n) is 13.3. The van der Waals surface area contributed by atoms with Crippen molar-refractivity contribution in [2.24, 2.45) is 0 Å². The third-order valence-electron chi connectivity index (χ3n) is 6.35. The molecule has 2 N–H and O–H groups in total. The normalized spacial score (nSPS) is 11.5. The van der Waals surface area contributed by atoms with Crippen molar-refractivity contribution < 1.29 is 38.6 Å². The van der Waals surface area contributed by atoms with Crippen LogP contribution in [0.3, 0.4) is 0 Å². The summed E-state index contributed by atoms with van der Waals surface area (Å²) in [5.41, 5.74) is 0.517. The van der Waals surface area contributed by atoms with Crippen LogP contribution in [0.2, 0.25) is 0 Å². The number of rotatable bonds is 15. The zero-order chi connectivity index (χ0) is 30.6. The molecule has 0 saturated carbocycles. The number of unbranched alkanes of at least 4 members (excludes halogenated alkanes) is 1. The standard InChI is InChI=1S/C30H35N3O9/c1-19-26(29(35)39-3)28(27(20(2)32-19)30(36)40-4)24-16-21(33(37)38)12-13-25(24)41-15-9-8-14-31-17-22(34)18-42-23-10-6-5-7-11-23/h5-7,10-13,16,22,31,34H,8-9,14-15,17-18H2,1-4H3/t22-/m0/s1. The smallest absolute Gasteiger partial charge is 0.340 e. The summed E-state index contributed by atoms with van der Waals surface area (Å²) in [5.74, 6) is -0.601. The molecule has 3 rings (SSSR count). The van der Waals surface area contributed by atoms with E-state index in [0.717, 1.165) is 0 Å². The van der Waals surface area contributed by atoms with E-state index in [9.17, 15) is 24.8 Å². The van der Waals surface area contributed by atoms with Gasteiger partial charge in [-0.3, -0.25) is 15.1 Å². The van der Waals surface area contributed by atoms with Crippen LogP contribution < -0.4 is 14.8 Å². The lowest BCUT2D eigenvalue weighted by molar-refractivity contribution is -0.384. The number of benzene rings is 2. The number of carbonyl (C=O) groups excluding carboxylic acids is 2. The summed E-state index contributed by atoms with van der Waals surface area (Å²) in [6.45, 7) is 4.54. The summed E-state index contributed by atoms with van der Waals surface area (Å²) < 4.78 is 21.5. The van der Waals surface area contributed by atoms with E-state index in [1.165, 1.54) is 32.4 Å². The molecule has 0 unspecified atom stereocenters. The second-order valence-electron chi connectivity index (χ2n) is 9.37. The predicted octanol–water partition coefficient (Wildman–Crippen LogP) is 4.04. The number of aromatic nitrogens is 1. The van der Waals surface area contributed by atoms with E-state index >= 15 is 0 Å². The van der Waals surface area contributed by atoms with E-state index in [4.69, 9.17) is 18.9 Å². The van der Waals surface area contributed by atoms with Crippen LogP contribution in [0.4, 0.5) is 5.69 Å². The van der Waals surface area contributed by atoms with Gasteiger partial charge >= 0.3 is 11.9 Å². The molecule has 3 aromatic rings. The molecular formula is C30H35N3O9. The van der Waals surface area contributed by atoms with E-state index in [1.807, 2.05) is 30.3 Å². The molecule has 1 aromatic heterocycles. The van der Waals surface area contributed by atoms with Crippen molar-refractivity contribution in [3.8, 4) is 22.6 Å². The van der Waals surface area contributed by atoms with Crippen molar-refractivity contribution >= 4 is 17.6 Å². The summed E-state index contributed by atoms with van der Waals surface area (Å²) in [7, 11) is 2.38. The van der Waals surface area contributed by atoms with Crippen LogP contribution in [0.5, 0.6) is 11.5 Å². The van der Waals surface area contributed by atoms with E-state index in [2.05, 4.69) is 10.3 Å². The number of methoxy groups -OCH3 is 2. The van der Waals surface area contributed by atoms with Gasteiger partial charge < -0.3 is 29.4 Å². The molecular weight excluding hydrogens is 546 g/mol. The molecule has 0 aliphatic rings. The van der Waals surface area contributed by atoms with Crippen LogP contribution in [0.1, 0.15) is 44.9 Å². The van der Waals surface area contributed by atoms with Crippen LogP contribution in [-0.2, 0) is 9.47 Å². The fourth-order valence-corrected chi connectivity index (χ4v) is 4.35. The van der Waals surface area contributed by atoms with E-state index in [1.54, 1.807) is 13.8 Å². The third-order valence-corrected chi connectivity index (χ3v) is 6.35. The molecule has 12 nitrogen and oxygen atoms in total. The first-order valence-corrected chi connectivity index (χ1v) is 13.3. The molecule has 0 radical (unpaired) electrons. The Kier molecular flexibility index (Phi) is 11.8. The molecule has 0 bridgehead atoms. The van der Waals surface area contributed by atoms with Crippen LogP contribution in [-0.4, -0.2) is 73.6 Å². The van der Waals surface area contributed by atoms with Crippen LogP contribution in [0.25, 0.3) is 11.1 Å². The number of hydrogen-bond donors (Lipinski definition) is 2. The first-order chi connectivity index (χ1) is 20.2. The highest BCUT2D eigenvalue weighted by molar-refractivity contribution is 6.08. The number of aliphatic hydroxyl groups is 1. The molecule has 1 atom stereocenters. The average molecular weight is 582 g/mol. The van der Waals surface area contributed by atoms with Crippen LogP contribution >= 0.6 is 0 Å². The molecule has 12 heteroatoms. The summed E-state index contributed by atoms with van der Waals surface area (Å²) in [5, 5.41) is 24.9. The molecule has 1 heterocycles. The minimum Gasteiger partial charge on any atom is -0.493 e. The lowest BCUT2D eigenvalue weighted by atomic mass is 9.91. The second kappa shape index (κ2) is 15.5. The van der Waals surface area contributed by atoms with Gasteiger partial charge in [0.25, 0.3) is 5.69 Å². The van der Waals surface area contributed by atoms with E-state index < -0.39 is 23.0 Å². The molecule has 224 valence electrons. The Hall–Kier alpha value is -4.55. The summed E-state index contributed by atoms with van der Waals surface area (Å²) in [4.78, 5) is 41.0. The number of aryl methyl sites for hydroxylation is 2. The topological polar surface area (TPSA) is 159 Å². The zero-order valence-corrected chi connectivity index (χ0v) is 24.0. The van der Waals surface area contributed by atoms with Gasteiger partial charge in [-0.15, -0.1) is 0 Å². The van der Waals surface area contributed by atoms with Gasteiger partial charge in [0.15, 0.2) is 0 Å². The van der Waals surface area contributed by atoms with Gasteiger partial charge in [0, 0.05) is 29.8 Å². The van der Waals surface area contributed by atoms with Crippen LogP contribution in [0.15, 0.2) is 48.5 Å². The number of nitrogens with zero attached hydrogens (tertiary/aromatic N) is 2. The zero-order valence-electron chi connectivity index (χ0n) is 24.0. The highest BCUT2D eigenvalue weighted by Crippen LogP contribution is 2.40. The van der Waals surface area contributed by atoms with Crippen molar-refractivity contribution in [1.29, 1.82) is 0 Å². The van der Waals surface area contributed by atoms with Gasteiger partial charge in [-0.25, -0.2) is 9.59 Å². The van der Waals surface area contributed by atoms with Crippen molar-refractivity contribution in [3.63, 3.8) is 0 Å². The van der Waals surface area contributed by atoms with Crippen molar-refractivity contribution in [1.82, 2.24) is 10.3 Å². The monoisotopic (exact) mass is 581 g/mol. The molecule has 0 aliphatic heterocycles. The first kappa shape index (κ1) is 32.0. The van der Waals surface area contributed by atoms with Gasteiger partial charge in [-0.1, -0.05) is 18.2 Å². The Bertz CT molecular complexity index is 1360. The Morgan fingerprint density at radius 2 is 1.62 bits per heavy atom. The number of pyridine rings is 1. The Morgan fingerprint density at radius 1 is 0.976 bits per heavy atom. The highest BCUT2D eigenvalue weighted by atomic mass is 16.6. The molecule has 2 aromatic carbocycles. The number of non-ortho nitro benzene ring substituents is 1. The third kappa shape index (κ3) is 8.24. The molecule has 42 heavy (non-hydrogen) atoms. The minimum absolute atomic E-state index is 0.0205. The summed E-state index contributed by atoms with van der Waals surface area (Å²) >= 11 is 0. The highest BCUT2D eigenvalue weighted by Gasteiger charge is 2.30. The lowest BCUT2D eigenvalue weighted by Crippen LogP contribution is -2.32. The Balaban J connectivity index is 1.73. The predicted molar refractivity (Wildman–Crippen MR) is 154 cm³/mol. The van der Waals surface area contributed by atoms with Gasteiger partial charge in [-0.05, 0) is 51.4 Å². The Morgan fingerprint density at radius 3 is 2.21 bits per heavy atom. The second-order valence-corrected chi connectivity index (χ2v) is 9.37. The van der Waals surface area contributed by atoms with Gasteiger partial charge in [0.05, 0.1) is 48.3 Å². The number of hydrogen-bond acceptors (Lipinski definition) is 11. The van der Waals surface area contributed by atoms with Gasteiger partial charge in [0.2, 0.25) is 0 Å². The number of aliphatic hydroxyl groups excluding tert-OH is 1. The van der Waals surface area contributed by atoms with Crippen LogP contribution in [0, 0.1) is 24.0 Å². The SMILES string of the molecule is COC(=O)c1c(C)nc(C)c(C(=O)OC)c1-c1cc([N+](=O)[O-])ccc1OCCCCNC[C@H](O)COc1ccccc1. The summed E-state index contributed by atoms with van der Waals surface area (Å²) in [6, 6.07) is 13.2. The quantitative estimate of drug-likeness (QED) is 0.115. The molecule has 0 aliphatic carbocycles. The number of ether oxygens (including phenoxy) is 4. The molecule has 0 fully saturated rings.